The van der Waals surface area contributed by atoms with Crippen molar-refractivity contribution in [2.45, 2.75) is 83.9 Å². The predicted octanol–water partition coefficient (Wildman–Crippen LogP) is 3.56. The fraction of sp³-hybridized carbons (Fsp3) is 0.636. The Morgan fingerprint density at radius 1 is 1.23 bits per heavy atom. The van der Waals surface area contributed by atoms with Gasteiger partial charge in [0.1, 0.15) is 22.6 Å². The average Bonchev–Trinajstić information content (AvgIpc) is 3.06. The Morgan fingerprint density at radius 3 is 2.37 bits per heavy atom. The number of hydrogen-bond acceptors (Lipinski definition) is 5. The first-order valence-electron chi connectivity index (χ1n) is 10.4. The predicted molar refractivity (Wildman–Crippen MR) is 117 cm³/mol. The fourth-order valence-corrected chi connectivity index (χ4v) is 5.14. The second-order valence-corrected chi connectivity index (χ2v) is 9.91. The van der Waals surface area contributed by atoms with Crippen molar-refractivity contribution < 1.29 is 23.3 Å². The zero-order valence-corrected chi connectivity index (χ0v) is 19.9. The number of hydrogen-bond donors (Lipinski definition) is 1. The molecule has 1 aliphatic rings. The second kappa shape index (κ2) is 9.92. The first-order valence-corrected chi connectivity index (χ1v) is 11.5. The van der Waals surface area contributed by atoms with Crippen LogP contribution in [-0.4, -0.2) is 52.0 Å². The van der Waals surface area contributed by atoms with Gasteiger partial charge >= 0.3 is 12.1 Å². The number of aryl methyl sites for hydroxylation is 3. The standard InChI is InChI=1S/C22H34N2O5S/c1-8-28-20(25)18(17-10-9-11-24(17)21(26)29-22(5,6)7)23-30(27)19-15(3)12-14(2)13-16(19)4/h12-13,17-18,23H,8-11H2,1-7H3/t17?,18-,30+/m1/s1. The third-order valence-corrected chi connectivity index (χ3v) is 6.36. The van der Waals surface area contributed by atoms with Gasteiger partial charge in [-0.25, -0.2) is 13.7 Å². The van der Waals surface area contributed by atoms with E-state index in [0.29, 0.717) is 17.9 Å². The lowest BCUT2D eigenvalue weighted by atomic mass is 10.1. The molecule has 0 spiro atoms. The Labute approximate surface area is 182 Å². The van der Waals surface area contributed by atoms with Crippen LogP contribution < -0.4 is 4.72 Å². The largest absolute Gasteiger partial charge is 0.465 e. The molecule has 1 aliphatic heterocycles. The van der Waals surface area contributed by atoms with E-state index in [0.717, 1.165) is 23.1 Å². The summed E-state index contributed by atoms with van der Waals surface area (Å²) in [6, 6.07) is 2.52. The van der Waals surface area contributed by atoms with Crippen LogP contribution in [0.3, 0.4) is 0 Å². The van der Waals surface area contributed by atoms with Gasteiger partial charge in [-0.3, -0.25) is 4.79 Å². The summed E-state index contributed by atoms with van der Waals surface area (Å²) in [4.78, 5) is 27.7. The molecule has 1 N–H and O–H groups in total. The van der Waals surface area contributed by atoms with E-state index in [-0.39, 0.29) is 6.61 Å². The van der Waals surface area contributed by atoms with Gasteiger partial charge in [-0.2, -0.15) is 0 Å². The summed E-state index contributed by atoms with van der Waals surface area (Å²) < 4.78 is 27.0. The molecule has 7 nitrogen and oxygen atoms in total. The van der Waals surface area contributed by atoms with Crippen molar-refractivity contribution in [1.29, 1.82) is 0 Å². The second-order valence-electron chi connectivity index (χ2n) is 8.73. The first-order chi connectivity index (χ1) is 13.9. The van der Waals surface area contributed by atoms with Gasteiger partial charge in [0.15, 0.2) is 0 Å². The molecule has 168 valence electrons. The van der Waals surface area contributed by atoms with Crippen LogP contribution in [0.5, 0.6) is 0 Å². The molecule has 1 aromatic rings. The van der Waals surface area contributed by atoms with Gasteiger partial charge in [-0.15, -0.1) is 0 Å². The summed E-state index contributed by atoms with van der Waals surface area (Å²) >= 11 is 0. The molecule has 0 radical (unpaired) electrons. The van der Waals surface area contributed by atoms with E-state index in [1.54, 1.807) is 32.6 Å². The molecule has 1 fully saturated rings. The number of nitrogens with zero attached hydrogens (tertiary/aromatic N) is 1. The Balaban J connectivity index is 2.31. The lowest BCUT2D eigenvalue weighted by Gasteiger charge is -2.32. The van der Waals surface area contributed by atoms with Gasteiger partial charge in [0.05, 0.1) is 17.5 Å². The topological polar surface area (TPSA) is 84.9 Å². The first kappa shape index (κ1) is 24.3. The van der Waals surface area contributed by atoms with E-state index in [9.17, 15) is 13.8 Å². The molecule has 1 amide bonds. The zero-order valence-electron chi connectivity index (χ0n) is 19.0. The highest BCUT2D eigenvalue weighted by atomic mass is 32.2. The Hall–Kier alpha value is -1.93. The van der Waals surface area contributed by atoms with Crippen LogP contribution in [0, 0.1) is 20.8 Å². The summed E-state index contributed by atoms with van der Waals surface area (Å²) in [6.45, 7) is 13.6. The maximum atomic E-state index is 13.2. The average molecular weight is 439 g/mol. The lowest BCUT2D eigenvalue weighted by molar-refractivity contribution is -0.146. The van der Waals surface area contributed by atoms with E-state index in [1.807, 2.05) is 32.9 Å². The van der Waals surface area contributed by atoms with Crippen LogP contribution in [0.2, 0.25) is 0 Å². The molecule has 0 aliphatic carbocycles. The summed E-state index contributed by atoms with van der Waals surface area (Å²) in [7, 11) is -1.64. The summed E-state index contributed by atoms with van der Waals surface area (Å²) in [6.07, 6.45) is 0.852. The minimum Gasteiger partial charge on any atom is -0.465 e. The van der Waals surface area contributed by atoms with Crippen LogP contribution in [0.1, 0.15) is 57.2 Å². The maximum absolute atomic E-state index is 13.2. The highest BCUT2D eigenvalue weighted by molar-refractivity contribution is 7.83. The van der Waals surface area contributed by atoms with Gasteiger partial charge in [-0.1, -0.05) is 17.7 Å². The normalized spacial score (nSPS) is 18.8. The molecule has 0 saturated carbocycles. The van der Waals surface area contributed by atoms with Gasteiger partial charge in [0.25, 0.3) is 0 Å². The molecule has 8 heteroatoms. The number of esters is 1. The van der Waals surface area contributed by atoms with Crippen LogP contribution in [0.25, 0.3) is 0 Å². The molecular formula is C22H34N2O5S. The third-order valence-electron chi connectivity index (χ3n) is 4.88. The van der Waals surface area contributed by atoms with Crippen LogP contribution in [0.15, 0.2) is 17.0 Å². The third kappa shape index (κ3) is 6.04. The highest BCUT2D eigenvalue weighted by Crippen LogP contribution is 2.26. The molecule has 0 bridgehead atoms. The molecular weight excluding hydrogens is 404 g/mol. The molecule has 1 aromatic carbocycles. The molecule has 0 aromatic heterocycles. The lowest BCUT2D eigenvalue weighted by Crippen LogP contribution is -2.54. The van der Waals surface area contributed by atoms with Crippen molar-refractivity contribution >= 4 is 23.0 Å². The molecule has 1 heterocycles. The minimum absolute atomic E-state index is 0.200. The van der Waals surface area contributed by atoms with Crippen LogP contribution >= 0.6 is 0 Å². The number of amides is 1. The molecule has 1 unspecified atom stereocenters. The van der Waals surface area contributed by atoms with Gasteiger partial charge in [0, 0.05) is 6.54 Å². The van der Waals surface area contributed by atoms with E-state index >= 15 is 0 Å². The van der Waals surface area contributed by atoms with Crippen molar-refractivity contribution in [3.05, 3.63) is 28.8 Å². The number of nitrogens with one attached hydrogen (secondary N) is 1. The van der Waals surface area contributed by atoms with E-state index in [4.69, 9.17) is 9.47 Å². The van der Waals surface area contributed by atoms with Gasteiger partial charge in [-0.05, 0) is 72.4 Å². The van der Waals surface area contributed by atoms with Gasteiger partial charge in [0.2, 0.25) is 0 Å². The van der Waals surface area contributed by atoms with Crippen molar-refractivity contribution in [2.75, 3.05) is 13.2 Å². The van der Waals surface area contributed by atoms with Crippen LogP contribution in [-0.2, 0) is 25.3 Å². The van der Waals surface area contributed by atoms with Crippen molar-refractivity contribution in [3.8, 4) is 0 Å². The maximum Gasteiger partial charge on any atom is 0.410 e. The summed E-state index contributed by atoms with van der Waals surface area (Å²) in [5, 5.41) is 0. The van der Waals surface area contributed by atoms with Crippen molar-refractivity contribution in [3.63, 3.8) is 0 Å². The fourth-order valence-electron chi connectivity index (χ4n) is 3.84. The van der Waals surface area contributed by atoms with Crippen molar-refractivity contribution in [1.82, 2.24) is 9.62 Å². The van der Waals surface area contributed by atoms with Crippen molar-refractivity contribution in [2.24, 2.45) is 0 Å². The highest BCUT2D eigenvalue weighted by Gasteiger charge is 2.42. The van der Waals surface area contributed by atoms with E-state index < -0.39 is 40.7 Å². The monoisotopic (exact) mass is 438 g/mol. The molecule has 30 heavy (non-hydrogen) atoms. The quantitative estimate of drug-likeness (QED) is 0.687. The number of benzene rings is 1. The Morgan fingerprint density at radius 2 is 1.83 bits per heavy atom. The number of ether oxygens (including phenoxy) is 2. The summed E-state index contributed by atoms with van der Waals surface area (Å²) in [5.74, 6) is -0.520. The number of carbonyl (C=O) groups is 2. The van der Waals surface area contributed by atoms with Crippen LogP contribution in [0.4, 0.5) is 4.79 Å². The Bertz CT molecular complexity index is 795. The van der Waals surface area contributed by atoms with Gasteiger partial charge < -0.3 is 14.4 Å². The molecule has 1 saturated heterocycles. The summed E-state index contributed by atoms with van der Waals surface area (Å²) in [5.41, 5.74) is 2.21. The van der Waals surface area contributed by atoms with E-state index in [1.165, 1.54) is 0 Å². The minimum atomic E-state index is -1.64. The number of likely N-dealkylation sites (tertiary alicyclic amines) is 1. The molecule has 2 rings (SSSR count). The molecule has 3 atom stereocenters. The Kier molecular flexibility index (Phi) is 8.05. The zero-order chi connectivity index (χ0) is 22.6. The SMILES string of the molecule is CCOC(=O)[C@H](N[S@@](=O)c1c(C)cc(C)cc1C)C1CCCN1C(=O)OC(C)(C)C. The number of rotatable bonds is 6. The van der Waals surface area contributed by atoms with E-state index in [2.05, 4.69) is 4.72 Å². The smallest absolute Gasteiger partial charge is 0.410 e. The number of carbonyl (C=O) groups excluding carboxylic acids is 2.